The molecule has 2 aromatic rings. The number of nitrogens with one attached hydrogen (secondary N) is 1. The Bertz CT molecular complexity index is 988. The van der Waals surface area contributed by atoms with Crippen molar-refractivity contribution in [2.24, 2.45) is 0 Å². The molecule has 2 heterocycles. The molecule has 0 aromatic heterocycles. The van der Waals surface area contributed by atoms with Gasteiger partial charge in [-0.1, -0.05) is 24.6 Å². The molecule has 6 nitrogen and oxygen atoms in total. The summed E-state index contributed by atoms with van der Waals surface area (Å²) in [5.41, 5.74) is 1.58. The first-order valence-corrected chi connectivity index (χ1v) is 12.3. The number of benzene rings is 2. The summed E-state index contributed by atoms with van der Waals surface area (Å²) in [5, 5.41) is 3.11. The molecule has 154 valence electrons. The lowest BCUT2D eigenvalue weighted by molar-refractivity contribution is -0.117. The molecule has 1 fully saturated rings. The summed E-state index contributed by atoms with van der Waals surface area (Å²) in [6.45, 7) is 1.94. The van der Waals surface area contributed by atoms with Crippen LogP contribution in [-0.4, -0.2) is 50.6 Å². The molecule has 29 heavy (non-hydrogen) atoms. The minimum Gasteiger partial charge on any atom is -0.376 e. The van der Waals surface area contributed by atoms with E-state index in [1.54, 1.807) is 45.2 Å². The normalized spacial score (nSPS) is 17.6. The second kappa shape index (κ2) is 8.77. The monoisotopic (exact) mass is 431 g/mol. The quantitative estimate of drug-likeness (QED) is 0.786. The van der Waals surface area contributed by atoms with E-state index in [-0.39, 0.29) is 17.3 Å². The highest BCUT2D eigenvalue weighted by molar-refractivity contribution is 7.99. The first kappa shape index (κ1) is 20.3. The van der Waals surface area contributed by atoms with Gasteiger partial charge in [0.25, 0.3) is 0 Å². The number of piperidine rings is 1. The molecule has 0 radical (unpaired) electrons. The third-order valence-corrected chi connectivity index (χ3v) is 8.20. The fourth-order valence-electron chi connectivity index (χ4n) is 3.72. The fourth-order valence-corrected chi connectivity index (χ4v) is 6.28. The molecule has 0 bridgehead atoms. The molecule has 2 aromatic carbocycles. The number of hydrogen-bond acceptors (Lipinski definition) is 5. The van der Waals surface area contributed by atoms with E-state index in [0.29, 0.717) is 25.3 Å². The standard InChI is InChI=1S/C21H25N3O3S2/c25-21(24-13-14-28-20-10-3-2-9-19(20)24)16-22-17-7-6-8-18(15-17)29(26,27)23-11-4-1-5-12-23/h2-3,6-10,15,22H,1,4-5,11-14,16H2. The van der Waals surface area contributed by atoms with Crippen LogP contribution in [0, 0.1) is 0 Å². The smallest absolute Gasteiger partial charge is 0.246 e. The Hall–Kier alpha value is -2.03. The summed E-state index contributed by atoms with van der Waals surface area (Å²) < 4.78 is 27.3. The Morgan fingerprint density at radius 2 is 1.79 bits per heavy atom. The van der Waals surface area contributed by atoms with Gasteiger partial charge in [-0.15, -0.1) is 11.8 Å². The number of hydrogen-bond donors (Lipinski definition) is 1. The van der Waals surface area contributed by atoms with Gasteiger partial charge in [-0.05, 0) is 43.2 Å². The molecule has 1 N–H and O–H groups in total. The maximum Gasteiger partial charge on any atom is 0.246 e. The zero-order chi connectivity index (χ0) is 20.3. The summed E-state index contributed by atoms with van der Waals surface area (Å²) >= 11 is 1.76. The van der Waals surface area contributed by atoms with E-state index >= 15 is 0 Å². The summed E-state index contributed by atoms with van der Waals surface area (Å²) in [5.74, 6) is 0.841. The molecule has 2 aliphatic rings. The van der Waals surface area contributed by atoms with E-state index in [1.807, 2.05) is 24.3 Å². The van der Waals surface area contributed by atoms with Crippen LogP contribution in [0.25, 0.3) is 0 Å². The van der Waals surface area contributed by atoms with Crippen molar-refractivity contribution >= 4 is 39.1 Å². The van der Waals surface area contributed by atoms with E-state index in [9.17, 15) is 13.2 Å². The molecule has 2 aliphatic heterocycles. The molecule has 0 atom stereocenters. The van der Waals surface area contributed by atoms with Crippen molar-refractivity contribution in [3.63, 3.8) is 0 Å². The molecule has 8 heteroatoms. The number of amides is 1. The summed E-state index contributed by atoms with van der Waals surface area (Å²) in [4.78, 5) is 16.0. The lowest BCUT2D eigenvalue weighted by Crippen LogP contribution is -2.39. The Labute approximate surface area is 176 Å². The second-order valence-corrected chi connectivity index (χ2v) is 10.3. The lowest BCUT2D eigenvalue weighted by atomic mass is 10.2. The van der Waals surface area contributed by atoms with Crippen LogP contribution in [0.4, 0.5) is 11.4 Å². The lowest BCUT2D eigenvalue weighted by Gasteiger charge is -2.29. The predicted molar refractivity (Wildman–Crippen MR) is 117 cm³/mol. The van der Waals surface area contributed by atoms with E-state index in [0.717, 1.165) is 35.6 Å². The number of thioether (sulfide) groups is 1. The highest BCUT2D eigenvalue weighted by Gasteiger charge is 2.26. The van der Waals surface area contributed by atoms with Crippen molar-refractivity contribution in [1.29, 1.82) is 0 Å². The largest absolute Gasteiger partial charge is 0.376 e. The van der Waals surface area contributed by atoms with Gasteiger partial charge in [0.2, 0.25) is 15.9 Å². The zero-order valence-corrected chi connectivity index (χ0v) is 17.8. The zero-order valence-electron chi connectivity index (χ0n) is 16.2. The average Bonchev–Trinajstić information content (AvgIpc) is 2.78. The summed E-state index contributed by atoms with van der Waals surface area (Å²) in [6, 6.07) is 14.7. The molecule has 0 aliphatic carbocycles. The van der Waals surface area contributed by atoms with E-state index in [2.05, 4.69) is 5.32 Å². The number of anilines is 2. The molecule has 1 saturated heterocycles. The molecule has 0 unspecified atom stereocenters. The maximum absolute atomic E-state index is 12.9. The minimum atomic E-state index is -3.49. The van der Waals surface area contributed by atoms with Crippen LogP contribution in [0.1, 0.15) is 19.3 Å². The first-order chi connectivity index (χ1) is 14.1. The first-order valence-electron chi connectivity index (χ1n) is 9.92. The molecule has 0 spiro atoms. The van der Waals surface area contributed by atoms with Crippen LogP contribution in [-0.2, 0) is 14.8 Å². The molecule has 0 saturated carbocycles. The summed E-state index contributed by atoms with van der Waals surface area (Å²) in [6.07, 6.45) is 2.89. The molecule has 1 amide bonds. The Balaban J connectivity index is 1.44. The number of para-hydroxylation sites is 1. The van der Waals surface area contributed by atoms with Crippen molar-refractivity contribution in [3.8, 4) is 0 Å². The van der Waals surface area contributed by atoms with Crippen molar-refractivity contribution < 1.29 is 13.2 Å². The highest BCUT2D eigenvalue weighted by Crippen LogP contribution is 2.34. The number of fused-ring (bicyclic) bond motifs is 1. The van der Waals surface area contributed by atoms with E-state index < -0.39 is 10.0 Å². The maximum atomic E-state index is 12.9. The van der Waals surface area contributed by atoms with Gasteiger partial charge in [0.05, 0.1) is 17.1 Å². The van der Waals surface area contributed by atoms with E-state index in [4.69, 9.17) is 0 Å². The van der Waals surface area contributed by atoms with Gasteiger partial charge in [0.1, 0.15) is 0 Å². The Morgan fingerprint density at radius 3 is 2.62 bits per heavy atom. The van der Waals surface area contributed by atoms with Crippen molar-refractivity contribution in [1.82, 2.24) is 4.31 Å². The number of nitrogens with zero attached hydrogens (tertiary/aromatic N) is 2. The molecular weight excluding hydrogens is 406 g/mol. The van der Waals surface area contributed by atoms with Gasteiger partial charge in [0.15, 0.2) is 0 Å². The van der Waals surface area contributed by atoms with Crippen LogP contribution >= 0.6 is 11.8 Å². The van der Waals surface area contributed by atoms with Gasteiger partial charge < -0.3 is 10.2 Å². The van der Waals surface area contributed by atoms with Gasteiger partial charge in [-0.3, -0.25) is 4.79 Å². The van der Waals surface area contributed by atoms with Crippen LogP contribution in [0.2, 0.25) is 0 Å². The van der Waals surface area contributed by atoms with Gasteiger partial charge >= 0.3 is 0 Å². The predicted octanol–water partition coefficient (Wildman–Crippen LogP) is 3.41. The number of rotatable bonds is 5. The third kappa shape index (κ3) is 4.44. The van der Waals surface area contributed by atoms with Gasteiger partial charge in [-0.25, -0.2) is 8.42 Å². The highest BCUT2D eigenvalue weighted by atomic mass is 32.2. The average molecular weight is 432 g/mol. The summed E-state index contributed by atoms with van der Waals surface area (Å²) in [7, 11) is -3.49. The second-order valence-electron chi connectivity index (χ2n) is 7.21. The minimum absolute atomic E-state index is 0.0259. The Morgan fingerprint density at radius 1 is 1.00 bits per heavy atom. The van der Waals surface area contributed by atoms with Crippen molar-refractivity contribution in [2.75, 3.05) is 42.1 Å². The number of carbonyl (C=O) groups is 1. The topological polar surface area (TPSA) is 69.7 Å². The Kier molecular flexibility index (Phi) is 6.12. The van der Waals surface area contributed by atoms with Gasteiger partial charge in [0, 0.05) is 36.0 Å². The van der Waals surface area contributed by atoms with Crippen molar-refractivity contribution in [3.05, 3.63) is 48.5 Å². The third-order valence-electron chi connectivity index (χ3n) is 5.26. The molecule has 4 rings (SSSR count). The van der Waals surface area contributed by atoms with E-state index in [1.165, 1.54) is 0 Å². The number of carbonyl (C=O) groups excluding carboxylic acids is 1. The van der Waals surface area contributed by atoms with Crippen molar-refractivity contribution in [2.45, 2.75) is 29.1 Å². The van der Waals surface area contributed by atoms with Gasteiger partial charge in [-0.2, -0.15) is 4.31 Å². The van der Waals surface area contributed by atoms with Crippen LogP contribution in [0.3, 0.4) is 0 Å². The fraction of sp³-hybridized carbons (Fsp3) is 0.381. The van der Waals surface area contributed by atoms with Crippen LogP contribution < -0.4 is 10.2 Å². The number of sulfonamides is 1. The SMILES string of the molecule is O=C(CNc1cccc(S(=O)(=O)N2CCCCC2)c1)N1CCSc2ccccc21. The van der Waals surface area contributed by atoms with Crippen LogP contribution in [0.15, 0.2) is 58.3 Å². The molecular formula is C21H25N3O3S2. The van der Waals surface area contributed by atoms with Crippen LogP contribution in [0.5, 0.6) is 0 Å².